The van der Waals surface area contributed by atoms with Gasteiger partial charge in [0.05, 0.1) is 11.1 Å². The Bertz CT molecular complexity index is 708. The number of nitriles is 1. The van der Waals surface area contributed by atoms with Gasteiger partial charge in [0.2, 0.25) is 5.78 Å². The Hall–Kier alpha value is -2.39. The Morgan fingerprint density at radius 2 is 2.05 bits per heavy atom. The molecule has 0 radical (unpaired) electrons. The molecule has 0 atom stereocenters. The van der Waals surface area contributed by atoms with Gasteiger partial charge in [0.25, 0.3) is 0 Å². The highest BCUT2D eigenvalue weighted by molar-refractivity contribution is 9.10. The predicted octanol–water partition coefficient (Wildman–Crippen LogP) is 2.36. The molecule has 2 aromatic rings. The first-order valence-corrected chi connectivity index (χ1v) is 5.95. The van der Waals surface area contributed by atoms with Crippen molar-refractivity contribution in [1.29, 1.82) is 5.26 Å². The lowest BCUT2D eigenvalue weighted by Gasteiger charge is -2.06. The Labute approximate surface area is 116 Å². The maximum Gasteiger partial charge on any atom is 0.218 e. The van der Waals surface area contributed by atoms with Crippen LogP contribution in [-0.4, -0.2) is 21.0 Å². The molecule has 2 rings (SSSR count). The molecule has 0 unspecified atom stereocenters. The molecule has 1 aromatic carbocycles. The molecule has 0 fully saturated rings. The highest BCUT2D eigenvalue weighted by Gasteiger charge is 2.19. The van der Waals surface area contributed by atoms with Crippen molar-refractivity contribution in [3.05, 3.63) is 51.8 Å². The van der Waals surface area contributed by atoms with E-state index in [-0.39, 0.29) is 28.3 Å². The second kappa shape index (κ2) is 5.08. The molecule has 0 saturated heterocycles. The van der Waals surface area contributed by atoms with Crippen LogP contribution in [0.4, 0.5) is 0 Å². The van der Waals surface area contributed by atoms with Crippen LogP contribution < -0.4 is 0 Å². The van der Waals surface area contributed by atoms with Gasteiger partial charge < -0.3 is 10.2 Å². The fourth-order valence-electron chi connectivity index (χ4n) is 1.53. The normalized spacial score (nSPS) is 9.89. The number of nitrogens with zero attached hydrogens (tertiary/aromatic N) is 2. The van der Waals surface area contributed by atoms with Crippen LogP contribution in [-0.2, 0) is 0 Å². The monoisotopic (exact) mass is 318 g/mol. The van der Waals surface area contributed by atoms with Crippen LogP contribution >= 0.6 is 15.9 Å². The first-order chi connectivity index (χ1) is 9.04. The summed E-state index contributed by atoms with van der Waals surface area (Å²) in [7, 11) is 0. The van der Waals surface area contributed by atoms with E-state index in [0.717, 1.165) is 0 Å². The molecule has 0 saturated carbocycles. The summed E-state index contributed by atoms with van der Waals surface area (Å²) >= 11 is 3.13. The predicted molar refractivity (Wildman–Crippen MR) is 69.9 cm³/mol. The molecule has 2 N–H and O–H groups in total. The first-order valence-electron chi connectivity index (χ1n) is 5.16. The molecule has 94 valence electrons. The van der Waals surface area contributed by atoms with E-state index in [1.165, 1.54) is 30.5 Å². The number of halogens is 1. The maximum atomic E-state index is 12.2. The summed E-state index contributed by atoms with van der Waals surface area (Å²) in [6.07, 6.45) is 1.36. The van der Waals surface area contributed by atoms with Crippen LogP contribution in [0.2, 0.25) is 0 Å². The molecule has 0 amide bonds. The van der Waals surface area contributed by atoms with Gasteiger partial charge in [-0.25, -0.2) is 4.98 Å². The summed E-state index contributed by atoms with van der Waals surface area (Å²) in [5, 5.41) is 28.1. The average molecular weight is 319 g/mol. The van der Waals surface area contributed by atoms with Crippen LogP contribution in [0.5, 0.6) is 11.5 Å². The fourth-order valence-corrected chi connectivity index (χ4v) is 1.96. The molecule has 1 aromatic heterocycles. The Morgan fingerprint density at radius 3 is 2.68 bits per heavy atom. The Balaban J connectivity index is 2.55. The third-order valence-corrected chi connectivity index (χ3v) is 3.11. The standard InChI is InChI=1S/C13H7BrN2O3/c14-9-5-8(11(18)4-7(9)6-15)13(19)12-10(17)2-1-3-16-12/h1-5,17-18H. The fraction of sp³-hybridized carbons (Fsp3) is 0. The van der Waals surface area contributed by atoms with Crippen LogP contribution in [0.3, 0.4) is 0 Å². The van der Waals surface area contributed by atoms with Crippen molar-refractivity contribution >= 4 is 21.7 Å². The minimum Gasteiger partial charge on any atom is -0.507 e. The molecule has 0 aliphatic rings. The third-order valence-electron chi connectivity index (χ3n) is 2.45. The van der Waals surface area contributed by atoms with Crippen LogP contribution in [0.1, 0.15) is 21.6 Å². The zero-order valence-electron chi connectivity index (χ0n) is 9.46. The molecule has 5 nitrogen and oxygen atoms in total. The molecule has 0 bridgehead atoms. The van der Waals surface area contributed by atoms with E-state index in [9.17, 15) is 15.0 Å². The zero-order valence-corrected chi connectivity index (χ0v) is 11.0. The molecule has 0 aliphatic heterocycles. The van der Waals surface area contributed by atoms with E-state index in [0.29, 0.717) is 4.47 Å². The summed E-state index contributed by atoms with van der Waals surface area (Å²) in [5.74, 6) is -1.23. The SMILES string of the molecule is N#Cc1cc(O)c(C(=O)c2ncccc2O)cc1Br. The van der Waals surface area contributed by atoms with Gasteiger partial charge in [-0.1, -0.05) is 0 Å². The number of pyridine rings is 1. The number of ketones is 1. The number of hydrogen-bond acceptors (Lipinski definition) is 5. The highest BCUT2D eigenvalue weighted by atomic mass is 79.9. The van der Waals surface area contributed by atoms with Crippen LogP contribution in [0.15, 0.2) is 34.9 Å². The van der Waals surface area contributed by atoms with Gasteiger partial charge in [0.1, 0.15) is 17.6 Å². The van der Waals surface area contributed by atoms with Crippen molar-refractivity contribution in [3.63, 3.8) is 0 Å². The number of aromatic hydroxyl groups is 2. The zero-order chi connectivity index (χ0) is 14.0. The van der Waals surface area contributed by atoms with E-state index in [1.807, 2.05) is 6.07 Å². The van der Waals surface area contributed by atoms with E-state index in [1.54, 1.807) is 0 Å². The van der Waals surface area contributed by atoms with E-state index in [4.69, 9.17) is 5.26 Å². The number of rotatable bonds is 2. The quantitative estimate of drug-likeness (QED) is 0.829. The van der Waals surface area contributed by atoms with Gasteiger partial charge in [0, 0.05) is 10.7 Å². The lowest BCUT2D eigenvalue weighted by atomic mass is 10.0. The van der Waals surface area contributed by atoms with Gasteiger partial charge in [-0.3, -0.25) is 4.79 Å². The van der Waals surface area contributed by atoms with Gasteiger partial charge in [0.15, 0.2) is 5.69 Å². The Kier molecular flexibility index (Phi) is 3.49. The molecular weight excluding hydrogens is 312 g/mol. The Morgan fingerprint density at radius 1 is 1.32 bits per heavy atom. The number of benzene rings is 1. The van der Waals surface area contributed by atoms with Crippen molar-refractivity contribution < 1.29 is 15.0 Å². The number of carbonyl (C=O) groups excluding carboxylic acids is 1. The van der Waals surface area contributed by atoms with E-state index >= 15 is 0 Å². The number of carbonyl (C=O) groups is 1. The third kappa shape index (κ3) is 2.41. The maximum absolute atomic E-state index is 12.2. The topological polar surface area (TPSA) is 94.2 Å². The summed E-state index contributed by atoms with van der Waals surface area (Å²) in [4.78, 5) is 15.9. The second-order valence-corrected chi connectivity index (χ2v) is 4.52. The lowest BCUT2D eigenvalue weighted by Crippen LogP contribution is -2.05. The van der Waals surface area contributed by atoms with Crippen molar-refractivity contribution in [3.8, 4) is 17.6 Å². The molecule has 19 heavy (non-hydrogen) atoms. The summed E-state index contributed by atoms with van der Waals surface area (Å²) in [6, 6.07) is 7.19. The van der Waals surface area contributed by atoms with Gasteiger partial charge in [-0.2, -0.15) is 5.26 Å². The molecule has 0 spiro atoms. The second-order valence-electron chi connectivity index (χ2n) is 3.66. The summed E-state index contributed by atoms with van der Waals surface area (Å²) in [5.41, 5.74) is 0.00794. The van der Waals surface area contributed by atoms with E-state index in [2.05, 4.69) is 20.9 Å². The van der Waals surface area contributed by atoms with Crippen molar-refractivity contribution in [2.24, 2.45) is 0 Å². The first kappa shape index (κ1) is 13.1. The summed E-state index contributed by atoms with van der Waals surface area (Å²) < 4.78 is 0.381. The molecular formula is C13H7BrN2O3. The number of phenolic OH excluding ortho intramolecular Hbond substituents is 1. The van der Waals surface area contributed by atoms with Gasteiger partial charge in [-0.15, -0.1) is 0 Å². The minimum absolute atomic E-state index is 0.0418. The minimum atomic E-state index is -0.624. The molecule has 1 heterocycles. The van der Waals surface area contributed by atoms with Crippen LogP contribution in [0, 0.1) is 11.3 Å². The van der Waals surface area contributed by atoms with Gasteiger partial charge >= 0.3 is 0 Å². The van der Waals surface area contributed by atoms with Crippen molar-refractivity contribution in [1.82, 2.24) is 4.98 Å². The van der Waals surface area contributed by atoms with Crippen molar-refractivity contribution in [2.75, 3.05) is 0 Å². The lowest BCUT2D eigenvalue weighted by molar-refractivity contribution is 0.102. The molecule has 6 heteroatoms. The number of aromatic nitrogens is 1. The largest absolute Gasteiger partial charge is 0.507 e. The highest BCUT2D eigenvalue weighted by Crippen LogP contribution is 2.29. The smallest absolute Gasteiger partial charge is 0.218 e. The van der Waals surface area contributed by atoms with Gasteiger partial charge in [-0.05, 0) is 40.2 Å². The van der Waals surface area contributed by atoms with E-state index < -0.39 is 5.78 Å². The van der Waals surface area contributed by atoms with Crippen molar-refractivity contribution in [2.45, 2.75) is 0 Å². The van der Waals surface area contributed by atoms with Crippen LogP contribution in [0.25, 0.3) is 0 Å². The molecule has 0 aliphatic carbocycles. The average Bonchev–Trinajstić information content (AvgIpc) is 2.40. The summed E-state index contributed by atoms with van der Waals surface area (Å²) in [6.45, 7) is 0. The number of phenols is 1. The number of hydrogen-bond donors (Lipinski definition) is 2.